The van der Waals surface area contributed by atoms with Gasteiger partial charge in [-0.25, -0.2) is 5.43 Å². The summed E-state index contributed by atoms with van der Waals surface area (Å²) in [7, 11) is 0. The quantitative estimate of drug-likeness (QED) is 0.274. The lowest BCUT2D eigenvalue weighted by Gasteiger charge is -1.96. The van der Waals surface area contributed by atoms with E-state index in [-0.39, 0.29) is 0 Å². The first-order valence-corrected chi connectivity index (χ1v) is 2.41. The first-order chi connectivity index (χ1) is 4.63. The second-order valence-electron chi connectivity index (χ2n) is 1.42. The van der Waals surface area contributed by atoms with Gasteiger partial charge >= 0.3 is 0 Å². The topological polar surface area (TPSA) is 103 Å². The number of hydrogen-bond acceptors (Lipinski definition) is 5. The molecule has 0 radical (unpaired) electrons. The Morgan fingerprint density at radius 2 is 2.20 bits per heavy atom. The summed E-state index contributed by atoms with van der Waals surface area (Å²) < 4.78 is 0. The molecular formula is C3H7N3O4. The van der Waals surface area contributed by atoms with Crippen molar-refractivity contribution in [1.29, 1.82) is 0 Å². The van der Waals surface area contributed by atoms with E-state index in [9.17, 15) is 0 Å². The van der Waals surface area contributed by atoms with E-state index >= 15 is 0 Å². The van der Waals surface area contributed by atoms with E-state index < -0.39 is 5.09 Å². The fourth-order valence-corrected chi connectivity index (χ4v) is 0.385. The largest absolute Gasteiger partial charge is 0.356 e. The Hall–Kier alpha value is -1.34. The van der Waals surface area contributed by atoms with E-state index in [2.05, 4.69) is 5.43 Å². The van der Waals surface area contributed by atoms with Crippen LogP contribution in [0.5, 0.6) is 0 Å². The number of hydroxylamine groups is 1. The number of nitrogens with zero attached hydrogens (tertiary/aromatic N) is 1. The molecule has 7 heteroatoms. The molecule has 0 fully saturated rings. The van der Waals surface area contributed by atoms with E-state index in [1.807, 2.05) is 6.08 Å². The summed E-state index contributed by atoms with van der Waals surface area (Å²) in [6.45, 7) is 0.667. The van der Waals surface area contributed by atoms with Gasteiger partial charge in [0.25, 0.3) is 0 Å². The van der Waals surface area contributed by atoms with Crippen molar-refractivity contribution in [3.05, 3.63) is 27.6 Å². The normalized spacial score (nSPS) is 20.7. The van der Waals surface area contributed by atoms with Gasteiger partial charge in [-0.3, -0.25) is 0 Å². The monoisotopic (exact) mass is 149 g/mol. The Labute approximate surface area is 56.2 Å². The van der Waals surface area contributed by atoms with Crippen molar-refractivity contribution in [3.63, 3.8) is 0 Å². The molecule has 7 nitrogen and oxygen atoms in total. The zero-order chi connectivity index (χ0) is 7.98. The molecule has 1 heterocycles. The highest BCUT2D eigenvalue weighted by Crippen LogP contribution is 1.60. The highest BCUT2D eigenvalue weighted by Gasteiger charge is 2.00. The number of hydrogen-bond donors (Lipinski definition) is 3. The minimum atomic E-state index is -1.75. The summed E-state index contributed by atoms with van der Waals surface area (Å²) in [4.78, 5) is 8.25. The number of rotatable bonds is 0. The Morgan fingerprint density at radius 1 is 1.70 bits per heavy atom. The predicted octanol–water partition coefficient (Wildman–Crippen LogP) is -1.95. The maximum absolute atomic E-state index is 8.47. The second kappa shape index (κ2) is 4.53. The van der Waals surface area contributed by atoms with Crippen LogP contribution in [0.1, 0.15) is 0 Å². The highest BCUT2D eigenvalue weighted by molar-refractivity contribution is 4.77. The van der Waals surface area contributed by atoms with E-state index in [4.69, 9.17) is 20.5 Å². The molecule has 1 atom stereocenters. The molecule has 1 aliphatic rings. The third kappa shape index (κ3) is 6.66. The third-order valence-electron chi connectivity index (χ3n) is 0.679. The van der Waals surface area contributed by atoms with Crippen LogP contribution in [-0.4, -0.2) is 16.8 Å². The Bertz CT molecular complexity index is 124. The second-order valence-corrected chi connectivity index (χ2v) is 1.42. The van der Waals surface area contributed by atoms with Crippen LogP contribution in [-0.2, 0) is 0 Å². The minimum Gasteiger partial charge on any atom is -0.356 e. The summed E-state index contributed by atoms with van der Waals surface area (Å²) in [5.74, 6) is 0. The Morgan fingerprint density at radius 3 is 2.30 bits per heavy atom. The van der Waals surface area contributed by atoms with Crippen LogP contribution >= 0.6 is 0 Å². The van der Waals surface area contributed by atoms with Crippen LogP contribution in [0.2, 0.25) is 0 Å². The SMILES string of the molecule is O=[N+]([O-])[O-].O[NH+]1CC=CN1. The first-order valence-electron chi connectivity index (χ1n) is 2.41. The van der Waals surface area contributed by atoms with Gasteiger partial charge in [0, 0.05) is 0 Å². The number of nitrogens with one attached hydrogen (secondary N) is 2. The molecule has 0 spiro atoms. The van der Waals surface area contributed by atoms with E-state index in [0.29, 0.717) is 11.7 Å². The molecular weight excluding hydrogens is 142 g/mol. The molecule has 0 aliphatic carbocycles. The maximum Gasteiger partial charge on any atom is 0.152 e. The average molecular weight is 149 g/mol. The maximum atomic E-state index is 8.47. The smallest absolute Gasteiger partial charge is 0.152 e. The molecule has 0 saturated heterocycles. The lowest BCUT2D eigenvalue weighted by Crippen LogP contribution is -3.13. The summed E-state index contributed by atoms with van der Waals surface area (Å²) in [6, 6.07) is 0. The van der Waals surface area contributed by atoms with E-state index in [0.717, 1.165) is 0 Å². The van der Waals surface area contributed by atoms with Gasteiger partial charge in [0.15, 0.2) is 6.54 Å². The Balaban J connectivity index is 0.000000180. The Kier molecular flexibility index (Phi) is 3.92. The van der Waals surface area contributed by atoms with E-state index in [1.165, 1.54) is 0 Å². The van der Waals surface area contributed by atoms with Gasteiger partial charge in [-0.2, -0.15) is 5.21 Å². The van der Waals surface area contributed by atoms with Gasteiger partial charge in [0.2, 0.25) is 0 Å². The molecule has 0 amide bonds. The lowest BCUT2D eigenvalue weighted by molar-refractivity contribution is -1.11. The fraction of sp³-hybridized carbons (Fsp3) is 0.333. The van der Waals surface area contributed by atoms with Gasteiger partial charge in [0.1, 0.15) is 0 Å². The fourth-order valence-electron chi connectivity index (χ4n) is 0.385. The van der Waals surface area contributed by atoms with Gasteiger partial charge in [-0.15, -0.1) is 0 Å². The molecule has 1 rings (SSSR count). The molecule has 0 aromatic rings. The minimum absolute atomic E-state index is 0.343. The third-order valence-corrected chi connectivity index (χ3v) is 0.679. The molecule has 0 aromatic heterocycles. The van der Waals surface area contributed by atoms with Crippen LogP contribution in [0.25, 0.3) is 0 Å². The van der Waals surface area contributed by atoms with Gasteiger partial charge < -0.3 is 15.3 Å². The van der Waals surface area contributed by atoms with Gasteiger partial charge in [0.05, 0.1) is 11.3 Å². The summed E-state index contributed by atoms with van der Waals surface area (Å²) in [5.41, 5.74) is 2.61. The van der Waals surface area contributed by atoms with Gasteiger partial charge in [-0.05, 0) is 6.08 Å². The van der Waals surface area contributed by atoms with Crippen molar-refractivity contribution in [2.24, 2.45) is 0 Å². The van der Waals surface area contributed by atoms with Gasteiger partial charge in [-0.1, -0.05) is 5.17 Å². The van der Waals surface area contributed by atoms with Crippen molar-refractivity contribution in [1.82, 2.24) is 5.43 Å². The molecule has 0 saturated carbocycles. The van der Waals surface area contributed by atoms with E-state index in [1.54, 1.807) is 6.20 Å². The van der Waals surface area contributed by atoms with Crippen molar-refractivity contribution in [2.75, 3.05) is 6.54 Å². The molecule has 3 N–H and O–H groups in total. The van der Waals surface area contributed by atoms with Crippen LogP contribution in [0.3, 0.4) is 0 Å². The highest BCUT2D eigenvalue weighted by atomic mass is 16.9. The standard InChI is InChI=1S/C3H6N2O.NO3/c6-5-3-1-2-4-5;2-1(3)4/h1-2,4,6H,3H2;/q;-1/p+1. The summed E-state index contributed by atoms with van der Waals surface area (Å²) in [5, 5.41) is 23.6. The molecule has 10 heavy (non-hydrogen) atoms. The molecule has 58 valence electrons. The zero-order valence-electron chi connectivity index (χ0n) is 4.98. The zero-order valence-corrected chi connectivity index (χ0v) is 4.98. The molecule has 0 aromatic carbocycles. The first kappa shape index (κ1) is 8.66. The molecule has 1 aliphatic heterocycles. The average Bonchev–Trinajstić information content (AvgIpc) is 2.15. The lowest BCUT2D eigenvalue weighted by atomic mass is 10.7. The van der Waals surface area contributed by atoms with Crippen molar-refractivity contribution >= 4 is 0 Å². The van der Waals surface area contributed by atoms with Crippen LogP contribution < -0.4 is 10.6 Å². The summed E-state index contributed by atoms with van der Waals surface area (Å²) in [6.07, 6.45) is 3.57. The predicted molar refractivity (Wildman–Crippen MR) is 30.3 cm³/mol. The van der Waals surface area contributed by atoms with Crippen molar-refractivity contribution < 1.29 is 15.5 Å². The molecule has 1 unspecified atom stereocenters. The van der Waals surface area contributed by atoms with Crippen molar-refractivity contribution in [2.45, 2.75) is 0 Å². The molecule has 0 bridgehead atoms. The van der Waals surface area contributed by atoms with Crippen LogP contribution in [0, 0.1) is 15.3 Å². The summed E-state index contributed by atoms with van der Waals surface area (Å²) >= 11 is 0. The van der Waals surface area contributed by atoms with Crippen molar-refractivity contribution in [3.8, 4) is 0 Å². The van der Waals surface area contributed by atoms with Crippen LogP contribution in [0.15, 0.2) is 12.3 Å². The van der Waals surface area contributed by atoms with Crippen LogP contribution in [0.4, 0.5) is 0 Å². The number of quaternary nitrogens is 1.